The Morgan fingerprint density at radius 1 is 1.37 bits per heavy atom. The van der Waals surface area contributed by atoms with E-state index in [0.29, 0.717) is 23.9 Å². The fraction of sp³-hybridized carbons (Fsp3) is 0.533. The second-order valence-corrected chi connectivity index (χ2v) is 5.22. The Bertz CT molecular complexity index is 448. The summed E-state index contributed by atoms with van der Waals surface area (Å²) in [6.07, 6.45) is 2.06. The fourth-order valence-electron chi connectivity index (χ4n) is 1.96. The number of hydrogen-bond donors (Lipinski definition) is 0. The average Bonchev–Trinajstić information content (AvgIpc) is 2.38. The highest BCUT2D eigenvalue weighted by Crippen LogP contribution is 2.39. The van der Waals surface area contributed by atoms with Crippen LogP contribution in [0.5, 0.6) is 5.75 Å². The van der Waals surface area contributed by atoms with Crippen LogP contribution < -0.4 is 9.22 Å². The summed E-state index contributed by atoms with van der Waals surface area (Å²) in [5.74, 6) is 0.761. The molecule has 1 rings (SSSR count). The molecule has 1 aromatic rings. The van der Waals surface area contributed by atoms with E-state index in [2.05, 4.69) is 6.92 Å². The van der Waals surface area contributed by atoms with Crippen LogP contribution in [0.25, 0.3) is 0 Å². The molecule has 0 fully saturated rings. The summed E-state index contributed by atoms with van der Waals surface area (Å²) in [7, 11) is 1.87. The molecular weight excluding hydrogens is 262 g/mol. The molecule has 4 heteroatoms. The number of benzene rings is 1. The quantitative estimate of drug-likeness (QED) is 0.582. The molecule has 0 saturated carbocycles. The zero-order valence-electron chi connectivity index (χ0n) is 12.2. The normalized spacial score (nSPS) is 13.9. The van der Waals surface area contributed by atoms with Crippen LogP contribution in [0.4, 0.5) is 5.69 Å². The van der Waals surface area contributed by atoms with Gasteiger partial charge in [0.1, 0.15) is 5.02 Å². The minimum absolute atomic E-state index is 0.0518. The molecule has 0 aromatic heterocycles. The number of halogens is 1. The van der Waals surface area contributed by atoms with E-state index in [4.69, 9.17) is 16.3 Å². The molecule has 0 spiro atoms. The maximum absolute atomic E-state index is 12.0. The van der Waals surface area contributed by atoms with Crippen molar-refractivity contribution < 1.29 is 9.53 Å². The number of carbonyl (C=O) groups excluding carboxylic acids is 1. The van der Waals surface area contributed by atoms with Crippen molar-refractivity contribution in [3.8, 4) is 5.75 Å². The first kappa shape index (κ1) is 16.0. The van der Waals surface area contributed by atoms with E-state index in [1.807, 2.05) is 26.1 Å². The lowest BCUT2D eigenvalue weighted by atomic mass is 10.2. The monoisotopic (exact) mass is 284 g/mol. The van der Waals surface area contributed by atoms with Gasteiger partial charge in [-0.05, 0) is 25.5 Å². The lowest BCUT2D eigenvalue weighted by Crippen LogP contribution is -2.49. The summed E-state index contributed by atoms with van der Waals surface area (Å²) in [4.78, 5) is 12.0. The first-order valence-electron chi connectivity index (χ1n) is 6.75. The van der Waals surface area contributed by atoms with Crippen LogP contribution in [0.3, 0.4) is 0 Å². The molecule has 3 nitrogen and oxygen atoms in total. The Morgan fingerprint density at radius 2 is 2.05 bits per heavy atom. The summed E-state index contributed by atoms with van der Waals surface area (Å²) in [5.41, 5.74) is 0.760. The van der Waals surface area contributed by atoms with Crippen LogP contribution in [0.15, 0.2) is 18.2 Å². The van der Waals surface area contributed by atoms with E-state index in [1.165, 1.54) is 0 Å². The number of unbranched alkanes of at least 4 members (excludes halogenated alkanes) is 1. The topological polar surface area (TPSA) is 26.3 Å². The molecule has 0 aliphatic carbocycles. The first-order valence-corrected chi connectivity index (χ1v) is 7.13. The molecule has 0 radical (unpaired) electrons. The van der Waals surface area contributed by atoms with Crippen molar-refractivity contribution in [1.82, 2.24) is 4.48 Å². The van der Waals surface area contributed by atoms with Crippen molar-refractivity contribution in [2.24, 2.45) is 0 Å². The number of para-hydroxylation sites is 1. The Kier molecular flexibility index (Phi) is 5.83. The van der Waals surface area contributed by atoms with E-state index in [-0.39, 0.29) is 10.4 Å². The van der Waals surface area contributed by atoms with Crippen LogP contribution in [-0.2, 0) is 4.79 Å². The number of nitrogens with zero attached hydrogens (tertiary/aromatic N) is 1. The SMILES string of the molecule is CCCCOc1cccc(Cl)c1[N+](C)(CC)C(C)=O. The summed E-state index contributed by atoms with van der Waals surface area (Å²) in [6, 6.07) is 5.54. The minimum Gasteiger partial charge on any atom is -0.487 e. The van der Waals surface area contributed by atoms with Gasteiger partial charge in [0.15, 0.2) is 5.75 Å². The molecule has 0 heterocycles. The third-order valence-electron chi connectivity index (χ3n) is 3.53. The van der Waals surface area contributed by atoms with E-state index in [9.17, 15) is 4.79 Å². The van der Waals surface area contributed by atoms with Crippen LogP contribution in [-0.4, -0.2) is 26.1 Å². The summed E-state index contributed by atoms with van der Waals surface area (Å²) in [5, 5.41) is 0.577. The molecule has 1 amide bonds. The molecule has 0 bridgehead atoms. The highest BCUT2D eigenvalue weighted by molar-refractivity contribution is 6.33. The summed E-state index contributed by atoms with van der Waals surface area (Å²) < 4.78 is 5.96. The van der Waals surface area contributed by atoms with Crippen molar-refractivity contribution in [1.29, 1.82) is 0 Å². The van der Waals surface area contributed by atoms with Crippen LogP contribution in [0, 0.1) is 0 Å². The number of hydrogen-bond acceptors (Lipinski definition) is 2. The van der Waals surface area contributed by atoms with Gasteiger partial charge in [0.2, 0.25) is 5.69 Å². The number of amides is 1. The van der Waals surface area contributed by atoms with Gasteiger partial charge in [-0.25, -0.2) is 9.28 Å². The van der Waals surface area contributed by atoms with Crippen molar-refractivity contribution in [2.45, 2.75) is 33.6 Å². The van der Waals surface area contributed by atoms with Gasteiger partial charge in [0.05, 0.1) is 27.1 Å². The van der Waals surface area contributed by atoms with E-state index in [1.54, 1.807) is 13.0 Å². The zero-order valence-corrected chi connectivity index (χ0v) is 13.0. The van der Waals surface area contributed by atoms with Crippen molar-refractivity contribution >= 4 is 23.2 Å². The van der Waals surface area contributed by atoms with Gasteiger partial charge in [0, 0.05) is 0 Å². The maximum atomic E-state index is 12.0. The van der Waals surface area contributed by atoms with Gasteiger partial charge in [-0.2, -0.15) is 0 Å². The predicted molar refractivity (Wildman–Crippen MR) is 80.8 cm³/mol. The molecule has 0 aliphatic rings. The Hall–Kier alpha value is -1.06. The summed E-state index contributed by atoms with van der Waals surface area (Å²) >= 11 is 6.30. The lowest BCUT2D eigenvalue weighted by Gasteiger charge is -2.30. The maximum Gasteiger partial charge on any atom is 0.315 e. The fourth-order valence-corrected chi connectivity index (χ4v) is 2.31. The van der Waals surface area contributed by atoms with Gasteiger partial charge in [-0.1, -0.05) is 31.0 Å². The zero-order chi connectivity index (χ0) is 14.5. The molecule has 0 N–H and O–H groups in total. The third-order valence-corrected chi connectivity index (χ3v) is 3.83. The average molecular weight is 285 g/mol. The van der Waals surface area contributed by atoms with Gasteiger partial charge < -0.3 is 4.74 Å². The molecule has 0 aliphatic heterocycles. The predicted octanol–water partition coefficient (Wildman–Crippen LogP) is 4.02. The Balaban J connectivity index is 3.20. The molecular formula is C15H23ClNO2+. The first-order chi connectivity index (χ1) is 8.97. The Morgan fingerprint density at radius 3 is 2.58 bits per heavy atom. The smallest absolute Gasteiger partial charge is 0.315 e. The van der Waals surface area contributed by atoms with Crippen LogP contribution >= 0.6 is 11.6 Å². The van der Waals surface area contributed by atoms with Crippen LogP contribution in [0.2, 0.25) is 5.02 Å². The second-order valence-electron chi connectivity index (χ2n) is 4.82. The molecule has 1 aromatic carbocycles. The van der Waals surface area contributed by atoms with E-state index < -0.39 is 0 Å². The minimum atomic E-state index is 0.0518. The molecule has 19 heavy (non-hydrogen) atoms. The highest BCUT2D eigenvalue weighted by Gasteiger charge is 2.34. The molecule has 0 saturated heterocycles. The van der Waals surface area contributed by atoms with Crippen LogP contribution in [0.1, 0.15) is 33.6 Å². The third kappa shape index (κ3) is 3.48. The Labute approximate surface area is 120 Å². The number of ether oxygens (including phenoxy) is 1. The van der Waals surface area contributed by atoms with Gasteiger partial charge >= 0.3 is 5.91 Å². The highest BCUT2D eigenvalue weighted by atomic mass is 35.5. The van der Waals surface area contributed by atoms with Gasteiger partial charge in [0.25, 0.3) is 0 Å². The van der Waals surface area contributed by atoms with E-state index in [0.717, 1.165) is 18.5 Å². The molecule has 1 atom stereocenters. The molecule has 1 unspecified atom stereocenters. The van der Waals surface area contributed by atoms with Gasteiger partial charge in [-0.15, -0.1) is 0 Å². The van der Waals surface area contributed by atoms with Crippen molar-refractivity contribution in [2.75, 3.05) is 20.2 Å². The summed E-state index contributed by atoms with van der Waals surface area (Å²) in [6.45, 7) is 6.96. The number of carbonyl (C=O) groups is 1. The number of quaternary nitrogens is 1. The second kappa shape index (κ2) is 6.92. The van der Waals surface area contributed by atoms with Crippen molar-refractivity contribution in [3.05, 3.63) is 23.2 Å². The largest absolute Gasteiger partial charge is 0.487 e. The standard InChI is InChI=1S/C15H23ClNO2/c1-5-7-11-19-14-10-8-9-13(16)15(14)17(4,6-2)12(3)18/h8-10H,5-7,11H2,1-4H3/q+1. The van der Waals surface area contributed by atoms with Gasteiger partial charge in [-0.3, -0.25) is 0 Å². The molecule has 106 valence electrons. The van der Waals surface area contributed by atoms with Crippen molar-refractivity contribution in [3.63, 3.8) is 0 Å². The van der Waals surface area contributed by atoms with E-state index >= 15 is 0 Å². The number of rotatable bonds is 6. The lowest BCUT2D eigenvalue weighted by molar-refractivity contribution is -0.126.